The van der Waals surface area contributed by atoms with Crippen LogP contribution in [0.5, 0.6) is 11.5 Å². The predicted molar refractivity (Wildman–Crippen MR) is 117 cm³/mol. The van der Waals surface area contributed by atoms with Gasteiger partial charge in [-0.3, -0.25) is 4.79 Å². The molecule has 2 unspecified atom stereocenters. The lowest BCUT2D eigenvalue weighted by atomic mass is 9.81. The van der Waals surface area contributed by atoms with Gasteiger partial charge in [0.2, 0.25) is 0 Å². The van der Waals surface area contributed by atoms with Crippen molar-refractivity contribution in [2.24, 2.45) is 11.1 Å². The second-order valence-corrected chi connectivity index (χ2v) is 7.58. The fourth-order valence-electron chi connectivity index (χ4n) is 3.82. The van der Waals surface area contributed by atoms with Crippen LogP contribution in [0.3, 0.4) is 0 Å². The topological polar surface area (TPSA) is 86.2 Å². The number of nitrogens with one attached hydrogen (secondary N) is 1. The summed E-state index contributed by atoms with van der Waals surface area (Å²) in [7, 11) is 3.14. The van der Waals surface area contributed by atoms with Crippen LogP contribution in [0.1, 0.15) is 43.0 Å². The molecule has 1 aliphatic rings. The zero-order chi connectivity index (χ0) is 22.4. The summed E-state index contributed by atoms with van der Waals surface area (Å²) in [5.41, 5.74) is 3.56. The van der Waals surface area contributed by atoms with E-state index in [1.165, 1.54) is 18.1 Å². The van der Waals surface area contributed by atoms with Crippen LogP contribution < -0.4 is 14.8 Å². The molecule has 1 amide bonds. The fourth-order valence-corrected chi connectivity index (χ4v) is 3.82. The third-order valence-electron chi connectivity index (χ3n) is 5.49. The molecule has 2 aromatic rings. The summed E-state index contributed by atoms with van der Waals surface area (Å²) >= 11 is 0. The molecule has 0 radical (unpaired) electrons. The van der Waals surface area contributed by atoms with E-state index in [0.717, 1.165) is 18.4 Å². The predicted octanol–water partition coefficient (Wildman–Crippen LogP) is 3.61. The fraction of sp³-hybridized carbons (Fsp3) is 0.375. The van der Waals surface area contributed by atoms with Gasteiger partial charge in [0.1, 0.15) is 5.71 Å². The summed E-state index contributed by atoms with van der Waals surface area (Å²) in [6.07, 6.45) is 2.28. The second-order valence-electron chi connectivity index (χ2n) is 7.58. The number of oxime groups is 1. The molecule has 1 aliphatic carbocycles. The average Bonchev–Trinajstić information content (AvgIpc) is 2.78. The molecule has 3 rings (SSSR count). The van der Waals surface area contributed by atoms with Gasteiger partial charge >= 0.3 is 5.97 Å². The molecule has 7 heteroatoms. The summed E-state index contributed by atoms with van der Waals surface area (Å²) < 4.78 is 10.6. The minimum Gasteiger partial charge on any atom is -0.493 e. The highest BCUT2D eigenvalue weighted by Gasteiger charge is 2.29. The van der Waals surface area contributed by atoms with Crippen molar-refractivity contribution >= 4 is 17.6 Å². The molecule has 2 atom stereocenters. The maximum Gasteiger partial charge on any atom is 0.331 e. The summed E-state index contributed by atoms with van der Waals surface area (Å²) in [4.78, 5) is 29.4. The van der Waals surface area contributed by atoms with Crippen molar-refractivity contribution in [2.45, 2.75) is 39.2 Å². The first kappa shape index (κ1) is 22.3. The van der Waals surface area contributed by atoms with E-state index in [9.17, 15) is 9.59 Å². The molecule has 7 nitrogen and oxygen atoms in total. The summed E-state index contributed by atoms with van der Waals surface area (Å²) in [5, 5.41) is 6.91. The molecule has 0 saturated heterocycles. The van der Waals surface area contributed by atoms with Crippen molar-refractivity contribution in [1.29, 1.82) is 0 Å². The molecular formula is C24H28N2O5. The Morgan fingerprint density at radius 2 is 1.77 bits per heavy atom. The molecule has 164 valence electrons. The Morgan fingerprint density at radius 3 is 2.45 bits per heavy atom. The average molecular weight is 424 g/mol. The van der Waals surface area contributed by atoms with E-state index in [1.54, 1.807) is 20.3 Å². The van der Waals surface area contributed by atoms with E-state index in [2.05, 4.69) is 22.6 Å². The number of carbonyl (C=O) groups is 2. The number of ether oxygens (including phenoxy) is 2. The largest absolute Gasteiger partial charge is 0.493 e. The molecule has 0 spiro atoms. The normalized spacial score (nSPS) is 16.6. The monoisotopic (exact) mass is 424 g/mol. The standard InChI is InChI=1S/C24H28N2O5/c1-15(18-11-12-21(29-3)22(14-18)30-4)25-24(28)23(26-31-16(2)27)20-10-9-17-7-5-6-8-19(17)13-20/h5-8,11-12,14-15,20H,9-10,13H2,1-4H3,(H,25,28). The molecule has 0 bridgehead atoms. The third-order valence-corrected chi connectivity index (χ3v) is 5.49. The van der Waals surface area contributed by atoms with E-state index in [0.29, 0.717) is 17.9 Å². The van der Waals surface area contributed by atoms with Gasteiger partial charge in [-0.1, -0.05) is 35.5 Å². The Labute approximate surface area is 182 Å². The van der Waals surface area contributed by atoms with E-state index < -0.39 is 5.97 Å². The Hall–Kier alpha value is -3.35. The van der Waals surface area contributed by atoms with E-state index in [1.807, 2.05) is 31.2 Å². The van der Waals surface area contributed by atoms with Crippen LogP contribution in [0, 0.1) is 5.92 Å². The van der Waals surface area contributed by atoms with Crippen molar-refractivity contribution in [3.05, 3.63) is 59.2 Å². The molecule has 0 aliphatic heterocycles. The Kier molecular flexibility index (Phi) is 7.28. The maximum absolute atomic E-state index is 13.1. The van der Waals surface area contributed by atoms with Crippen LogP contribution in [0.2, 0.25) is 0 Å². The van der Waals surface area contributed by atoms with Crippen LogP contribution in [0.15, 0.2) is 47.6 Å². The molecule has 0 fully saturated rings. The van der Waals surface area contributed by atoms with Crippen LogP contribution in [0.25, 0.3) is 0 Å². The number of nitrogens with zero attached hydrogens (tertiary/aromatic N) is 1. The molecule has 0 aromatic heterocycles. The van der Waals surface area contributed by atoms with Gasteiger partial charge in [0.15, 0.2) is 11.5 Å². The number of aryl methyl sites for hydroxylation is 1. The lowest BCUT2D eigenvalue weighted by molar-refractivity contribution is -0.141. The molecule has 1 N–H and O–H groups in total. The highest BCUT2D eigenvalue weighted by atomic mass is 16.7. The SMILES string of the molecule is COc1ccc(C(C)NC(=O)C(=NOC(C)=O)C2CCc3ccccc3C2)cc1OC. The minimum atomic E-state index is -0.561. The van der Waals surface area contributed by atoms with E-state index >= 15 is 0 Å². The van der Waals surface area contributed by atoms with Gasteiger partial charge in [0, 0.05) is 12.8 Å². The van der Waals surface area contributed by atoms with Crippen molar-refractivity contribution in [3.63, 3.8) is 0 Å². The molecule has 0 saturated carbocycles. The zero-order valence-electron chi connectivity index (χ0n) is 18.3. The quantitative estimate of drug-likeness (QED) is 0.417. The third kappa shape index (κ3) is 5.42. The highest BCUT2D eigenvalue weighted by Crippen LogP contribution is 2.30. The maximum atomic E-state index is 13.1. The van der Waals surface area contributed by atoms with Crippen LogP contribution >= 0.6 is 0 Å². The Morgan fingerprint density at radius 1 is 1.06 bits per heavy atom. The summed E-state index contributed by atoms with van der Waals surface area (Å²) in [6, 6.07) is 13.3. The molecule has 2 aromatic carbocycles. The number of amides is 1. The Balaban J connectivity index is 1.79. The number of hydrogen-bond acceptors (Lipinski definition) is 6. The number of fused-ring (bicyclic) bond motifs is 1. The van der Waals surface area contributed by atoms with Gasteiger partial charge in [-0.05, 0) is 55.0 Å². The zero-order valence-corrected chi connectivity index (χ0v) is 18.3. The number of benzene rings is 2. The van der Waals surface area contributed by atoms with Gasteiger partial charge in [-0.2, -0.15) is 0 Å². The first-order chi connectivity index (χ1) is 14.9. The van der Waals surface area contributed by atoms with E-state index in [4.69, 9.17) is 14.3 Å². The number of hydrogen-bond donors (Lipinski definition) is 1. The number of carbonyl (C=O) groups excluding carboxylic acids is 2. The highest BCUT2D eigenvalue weighted by molar-refractivity contribution is 6.39. The molecular weight excluding hydrogens is 396 g/mol. The number of methoxy groups -OCH3 is 2. The van der Waals surface area contributed by atoms with Gasteiger partial charge in [-0.25, -0.2) is 4.79 Å². The van der Waals surface area contributed by atoms with Crippen LogP contribution in [-0.4, -0.2) is 31.8 Å². The van der Waals surface area contributed by atoms with Gasteiger partial charge < -0.3 is 19.6 Å². The van der Waals surface area contributed by atoms with Crippen molar-refractivity contribution in [2.75, 3.05) is 14.2 Å². The first-order valence-corrected chi connectivity index (χ1v) is 10.3. The van der Waals surface area contributed by atoms with Gasteiger partial charge in [-0.15, -0.1) is 0 Å². The summed E-state index contributed by atoms with van der Waals surface area (Å²) in [5.74, 6) is 0.149. The van der Waals surface area contributed by atoms with Crippen LogP contribution in [-0.2, 0) is 27.3 Å². The van der Waals surface area contributed by atoms with Gasteiger partial charge in [0.25, 0.3) is 5.91 Å². The van der Waals surface area contributed by atoms with Crippen molar-refractivity contribution in [1.82, 2.24) is 5.32 Å². The minimum absolute atomic E-state index is 0.133. The second kappa shape index (κ2) is 10.1. The Bertz CT molecular complexity index is 986. The molecule has 0 heterocycles. The smallest absolute Gasteiger partial charge is 0.331 e. The number of rotatable bonds is 7. The van der Waals surface area contributed by atoms with E-state index in [-0.39, 0.29) is 23.6 Å². The summed E-state index contributed by atoms with van der Waals surface area (Å²) in [6.45, 7) is 3.14. The lowest BCUT2D eigenvalue weighted by Gasteiger charge is -2.25. The first-order valence-electron chi connectivity index (χ1n) is 10.3. The van der Waals surface area contributed by atoms with Crippen LogP contribution in [0.4, 0.5) is 0 Å². The van der Waals surface area contributed by atoms with Crippen molar-refractivity contribution in [3.8, 4) is 11.5 Å². The lowest BCUT2D eigenvalue weighted by Crippen LogP contribution is -2.39. The van der Waals surface area contributed by atoms with Crippen molar-refractivity contribution < 1.29 is 23.9 Å². The molecule has 31 heavy (non-hydrogen) atoms. The van der Waals surface area contributed by atoms with Gasteiger partial charge in [0.05, 0.1) is 20.3 Å².